The van der Waals surface area contributed by atoms with Crippen molar-refractivity contribution in [3.8, 4) is 0 Å². The van der Waals surface area contributed by atoms with Crippen molar-refractivity contribution in [3.05, 3.63) is 0 Å². The Kier molecular flexibility index (Phi) is 3.73. The van der Waals surface area contributed by atoms with Gasteiger partial charge in [-0.05, 0) is 6.66 Å². The van der Waals surface area contributed by atoms with E-state index in [-0.39, 0.29) is 6.48 Å². The molecule has 0 saturated heterocycles. The van der Waals surface area contributed by atoms with Crippen LogP contribution >= 0.6 is 29.1 Å². The first-order valence-electron chi connectivity index (χ1n) is 2.50. The van der Waals surface area contributed by atoms with Gasteiger partial charge in [-0.3, -0.25) is 0 Å². The zero-order valence-electron chi connectivity index (χ0n) is 5.73. The fraction of sp³-hybridized carbons (Fsp3) is 1.00. The Bertz CT molecular complexity index is 67.3. The molecule has 0 aromatic carbocycles. The van der Waals surface area contributed by atoms with Crippen LogP contribution in [0.2, 0.25) is 0 Å². The molecule has 0 aliphatic rings. The molecule has 0 aliphatic heterocycles. The molecule has 8 heavy (non-hydrogen) atoms. The summed E-state index contributed by atoms with van der Waals surface area (Å²) in [6, 6.07) is 0. The van der Waals surface area contributed by atoms with Gasteiger partial charge in [-0.15, -0.1) is 11.4 Å². The van der Waals surface area contributed by atoms with Gasteiger partial charge in [0.05, 0.1) is 0 Å². The van der Waals surface area contributed by atoms with E-state index >= 15 is 0 Å². The van der Waals surface area contributed by atoms with E-state index in [1.807, 2.05) is 11.4 Å². The molecular weight excluding hydrogens is 159 g/mol. The van der Waals surface area contributed by atoms with Crippen molar-refractivity contribution < 1.29 is 0 Å². The Morgan fingerprint density at radius 3 is 1.75 bits per heavy atom. The third kappa shape index (κ3) is 7.07. The number of halogens is 1. The lowest BCUT2D eigenvalue weighted by Crippen LogP contribution is -2.04. The molecule has 0 aromatic heterocycles. The quantitative estimate of drug-likeness (QED) is 0.541. The summed E-state index contributed by atoms with van der Waals surface area (Å²) in [5, 5.41) is 0. The van der Waals surface area contributed by atoms with Gasteiger partial charge in [-0.1, -0.05) is 32.0 Å². The maximum absolute atomic E-state index is 5.79. The molecule has 0 N–H and O–H groups in total. The summed E-state index contributed by atoms with van der Waals surface area (Å²) in [4.78, 5) is 0. The van der Waals surface area contributed by atoms with Crippen LogP contribution in [-0.4, -0.2) is 11.4 Å². The second-order valence-electron chi connectivity index (χ2n) is 2.62. The molecule has 0 spiro atoms. The molecule has 0 aliphatic carbocycles. The van der Waals surface area contributed by atoms with Gasteiger partial charge in [0.2, 0.25) is 0 Å². The smallest absolute Gasteiger partial charge is 0.0466 e. The highest BCUT2D eigenvalue weighted by Gasteiger charge is 2.13. The van der Waals surface area contributed by atoms with Crippen molar-refractivity contribution in [1.29, 1.82) is 0 Å². The molecule has 0 heterocycles. The highest BCUT2D eigenvalue weighted by Crippen LogP contribution is 2.56. The normalized spacial score (nSPS) is 16.1. The topological polar surface area (TPSA) is 0 Å². The Hall–Kier alpha value is 1.07. The van der Waals surface area contributed by atoms with Crippen LogP contribution in [0.1, 0.15) is 20.8 Å². The third-order valence-electron chi connectivity index (χ3n) is 0.400. The van der Waals surface area contributed by atoms with E-state index in [2.05, 4.69) is 27.4 Å². The summed E-state index contributed by atoms with van der Waals surface area (Å²) >= 11 is 7.63. The highest BCUT2D eigenvalue weighted by atomic mass is 35.7. The summed E-state index contributed by atoms with van der Waals surface area (Å²) in [6.45, 7) is 8.30. The van der Waals surface area contributed by atoms with Crippen LogP contribution in [-0.2, 0) is 0 Å². The Morgan fingerprint density at radius 1 is 1.38 bits per heavy atom. The maximum atomic E-state index is 5.79. The molecular formula is C5H12ClPS. The minimum absolute atomic E-state index is 0.300. The van der Waals surface area contributed by atoms with Gasteiger partial charge < -0.3 is 0 Å². The fourth-order valence-corrected chi connectivity index (χ4v) is 5.26. The van der Waals surface area contributed by atoms with Gasteiger partial charge in [-0.25, -0.2) is 0 Å². The van der Waals surface area contributed by atoms with Gasteiger partial charge in [-0.2, -0.15) is 0 Å². The molecule has 0 nitrogen and oxygen atoms in total. The van der Waals surface area contributed by atoms with Crippen molar-refractivity contribution in [2.75, 3.05) is 6.66 Å². The van der Waals surface area contributed by atoms with E-state index in [0.29, 0.717) is 4.75 Å². The number of hydrogen-bond acceptors (Lipinski definition) is 1. The molecule has 50 valence electrons. The molecule has 1 unspecified atom stereocenters. The van der Waals surface area contributed by atoms with Crippen LogP contribution in [0.5, 0.6) is 0 Å². The first-order valence-corrected chi connectivity index (χ1v) is 6.62. The summed E-state index contributed by atoms with van der Waals surface area (Å²) in [5.41, 5.74) is 0. The molecule has 3 heteroatoms. The van der Waals surface area contributed by atoms with Crippen molar-refractivity contribution in [3.63, 3.8) is 0 Å². The molecule has 0 aromatic rings. The second kappa shape index (κ2) is 3.29. The Labute approximate surface area is 61.7 Å². The van der Waals surface area contributed by atoms with Crippen LogP contribution in [0.25, 0.3) is 0 Å². The number of hydrogen-bond donors (Lipinski definition) is 0. The Balaban J connectivity index is 3.39. The summed E-state index contributed by atoms with van der Waals surface area (Å²) < 4.78 is 0.336. The van der Waals surface area contributed by atoms with Crippen molar-refractivity contribution in [2.45, 2.75) is 25.5 Å². The van der Waals surface area contributed by atoms with Crippen LogP contribution in [0, 0.1) is 0 Å². The predicted molar refractivity (Wildman–Crippen MR) is 46.0 cm³/mol. The zero-order chi connectivity index (χ0) is 6.78. The minimum atomic E-state index is -0.300. The van der Waals surface area contributed by atoms with E-state index in [9.17, 15) is 0 Å². The first-order chi connectivity index (χ1) is 3.42. The minimum Gasteiger partial charge on any atom is -0.112 e. The van der Waals surface area contributed by atoms with Crippen molar-refractivity contribution >= 4 is 29.1 Å². The SMILES string of the molecule is CP(Cl)SC(C)(C)C. The van der Waals surface area contributed by atoms with Gasteiger partial charge in [0.15, 0.2) is 0 Å². The molecule has 1 atom stereocenters. The zero-order valence-corrected chi connectivity index (χ0v) is 8.20. The lowest BCUT2D eigenvalue weighted by Gasteiger charge is -2.18. The first kappa shape index (κ1) is 9.07. The van der Waals surface area contributed by atoms with E-state index in [1.54, 1.807) is 0 Å². The largest absolute Gasteiger partial charge is 0.112 e. The summed E-state index contributed by atoms with van der Waals surface area (Å²) in [6.07, 6.45) is 0. The van der Waals surface area contributed by atoms with E-state index in [4.69, 9.17) is 11.2 Å². The van der Waals surface area contributed by atoms with Gasteiger partial charge in [0.1, 0.15) is 0 Å². The third-order valence-corrected chi connectivity index (χ3v) is 4.22. The van der Waals surface area contributed by atoms with Gasteiger partial charge >= 0.3 is 0 Å². The van der Waals surface area contributed by atoms with E-state index in [1.165, 1.54) is 0 Å². The maximum Gasteiger partial charge on any atom is 0.0466 e. The van der Waals surface area contributed by atoms with Crippen LogP contribution in [0.4, 0.5) is 0 Å². The molecule has 0 saturated carbocycles. The highest BCUT2D eigenvalue weighted by molar-refractivity contribution is 8.63. The van der Waals surface area contributed by atoms with Crippen molar-refractivity contribution in [2.24, 2.45) is 0 Å². The molecule has 0 rings (SSSR count). The summed E-state index contributed by atoms with van der Waals surface area (Å²) in [7, 11) is 0. The Morgan fingerprint density at radius 2 is 1.75 bits per heavy atom. The second-order valence-corrected chi connectivity index (χ2v) is 9.19. The van der Waals surface area contributed by atoms with Gasteiger partial charge in [0.25, 0.3) is 0 Å². The van der Waals surface area contributed by atoms with Crippen LogP contribution < -0.4 is 0 Å². The van der Waals surface area contributed by atoms with Crippen molar-refractivity contribution in [1.82, 2.24) is 0 Å². The molecule has 0 radical (unpaired) electrons. The van der Waals surface area contributed by atoms with E-state index in [0.717, 1.165) is 0 Å². The van der Waals surface area contributed by atoms with E-state index < -0.39 is 0 Å². The van der Waals surface area contributed by atoms with Crippen LogP contribution in [0.3, 0.4) is 0 Å². The molecule has 0 fully saturated rings. The predicted octanol–water partition coefficient (Wildman–Crippen LogP) is 3.70. The molecule has 0 amide bonds. The average molecular weight is 171 g/mol. The summed E-state index contributed by atoms with van der Waals surface area (Å²) in [5.74, 6) is 0. The van der Waals surface area contributed by atoms with Gasteiger partial charge in [0, 0.05) is 11.2 Å². The van der Waals surface area contributed by atoms with Crippen LogP contribution in [0.15, 0.2) is 0 Å². The lowest BCUT2D eigenvalue weighted by atomic mass is 10.3. The lowest BCUT2D eigenvalue weighted by molar-refractivity contribution is 0.810. The standard InChI is InChI=1S/C5H12ClPS/c1-5(2,3)8-7(4)6/h1-4H3. The monoisotopic (exact) mass is 170 g/mol. The average Bonchev–Trinajstić information content (AvgIpc) is 1.21. The fourth-order valence-electron chi connectivity index (χ4n) is 0.377. The number of rotatable bonds is 1. The molecule has 0 bridgehead atoms.